The number of fused-ring (bicyclic) bond motifs is 1. The van der Waals surface area contributed by atoms with Crippen LogP contribution in [-0.2, 0) is 10.0 Å². The molecule has 0 saturated heterocycles. The van der Waals surface area contributed by atoms with Crippen LogP contribution in [0.1, 0.15) is 6.92 Å². The number of sulfonamides is 1. The summed E-state index contributed by atoms with van der Waals surface area (Å²) in [7, 11) is -3.62. The quantitative estimate of drug-likeness (QED) is 0.897. The van der Waals surface area contributed by atoms with E-state index in [0.717, 1.165) is 0 Å². The average molecular weight is 287 g/mol. The molecule has 1 heterocycles. The van der Waals surface area contributed by atoms with Gasteiger partial charge in [0.05, 0.1) is 5.02 Å². The van der Waals surface area contributed by atoms with Crippen molar-refractivity contribution in [2.24, 2.45) is 0 Å². The molecule has 0 aliphatic carbocycles. The number of H-pyrrole nitrogens is 1. The lowest BCUT2D eigenvalue weighted by atomic mass is 10.2. The summed E-state index contributed by atoms with van der Waals surface area (Å²) in [6, 6.07) is 5.75. The molecule has 0 aliphatic heterocycles. The number of hydrogen-bond donors (Lipinski definition) is 2. The molecule has 18 heavy (non-hydrogen) atoms. The van der Waals surface area contributed by atoms with E-state index in [2.05, 4.69) is 9.71 Å². The zero-order valence-electron chi connectivity index (χ0n) is 9.53. The van der Waals surface area contributed by atoms with Crippen LogP contribution in [0.3, 0.4) is 0 Å². The van der Waals surface area contributed by atoms with Gasteiger partial charge in [0, 0.05) is 18.1 Å². The summed E-state index contributed by atoms with van der Waals surface area (Å²) in [5, 5.41) is 0.681. The fourth-order valence-electron chi connectivity index (χ4n) is 1.63. The Hall–Kier alpha value is -1.37. The van der Waals surface area contributed by atoms with E-state index in [1.807, 2.05) is 0 Å². The number of nitrogens with one attached hydrogen (secondary N) is 2. The molecule has 0 saturated carbocycles. The molecule has 1 aromatic heterocycles. The van der Waals surface area contributed by atoms with Crippen LogP contribution in [0.4, 0.5) is 0 Å². The minimum absolute atomic E-state index is 0.00515. The van der Waals surface area contributed by atoms with Crippen LogP contribution in [0.5, 0.6) is 0 Å². The Morgan fingerprint density at radius 1 is 1.33 bits per heavy atom. The third kappa shape index (κ3) is 2.40. The summed E-state index contributed by atoms with van der Waals surface area (Å²) in [5.41, 5.74) is 0.240. The van der Waals surface area contributed by atoms with Crippen LogP contribution in [0, 0.1) is 0 Å². The van der Waals surface area contributed by atoms with Crippen LogP contribution < -0.4 is 10.3 Å². The van der Waals surface area contributed by atoms with E-state index >= 15 is 0 Å². The maximum Gasteiger partial charge on any atom is 0.248 e. The molecule has 96 valence electrons. The van der Waals surface area contributed by atoms with Gasteiger partial charge in [0.2, 0.25) is 15.6 Å². The molecular formula is C11H11ClN2O3S. The molecule has 0 unspecified atom stereocenters. The predicted octanol–water partition coefficient (Wildman–Crippen LogP) is 1.48. The Labute approximate surface area is 109 Å². The first-order valence-corrected chi connectivity index (χ1v) is 7.12. The van der Waals surface area contributed by atoms with Crippen molar-refractivity contribution in [3.8, 4) is 0 Å². The van der Waals surface area contributed by atoms with Crippen molar-refractivity contribution in [1.82, 2.24) is 9.71 Å². The Balaban J connectivity index is 2.71. The number of hydrogen-bond acceptors (Lipinski definition) is 3. The molecule has 0 radical (unpaired) electrons. The highest BCUT2D eigenvalue weighted by atomic mass is 35.5. The fraction of sp³-hybridized carbons (Fsp3) is 0.182. The normalized spacial score (nSPS) is 11.9. The van der Waals surface area contributed by atoms with Crippen LogP contribution >= 0.6 is 11.6 Å². The largest absolute Gasteiger partial charge is 0.322 e. The monoisotopic (exact) mass is 286 g/mol. The zero-order valence-corrected chi connectivity index (χ0v) is 11.1. The summed E-state index contributed by atoms with van der Waals surface area (Å²) in [5.74, 6) is 0. The minimum Gasteiger partial charge on any atom is -0.322 e. The number of halogens is 1. The first kappa shape index (κ1) is 13.1. The van der Waals surface area contributed by atoms with E-state index in [-0.39, 0.29) is 22.0 Å². The van der Waals surface area contributed by atoms with Gasteiger partial charge in [0.1, 0.15) is 4.90 Å². The first-order chi connectivity index (χ1) is 8.44. The van der Waals surface area contributed by atoms with Crippen molar-refractivity contribution in [2.75, 3.05) is 6.54 Å². The molecule has 2 N–H and O–H groups in total. The van der Waals surface area contributed by atoms with Crippen molar-refractivity contribution in [2.45, 2.75) is 11.8 Å². The third-order valence-electron chi connectivity index (χ3n) is 2.40. The van der Waals surface area contributed by atoms with E-state index in [0.29, 0.717) is 10.9 Å². The van der Waals surface area contributed by atoms with Crippen molar-refractivity contribution in [1.29, 1.82) is 0 Å². The summed E-state index contributed by atoms with van der Waals surface area (Å²) in [4.78, 5) is 13.7. The van der Waals surface area contributed by atoms with Gasteiger partial charge in [-0.2, -0.15) is 0 Å². The highest BCUT2D eigenvalue weighted by Gasteiger charge is 2.17. The molecule has 0 fully saturated rings. The fourth-order valence-corrected chi connectivity index (χ4v) is 3.23. The maximum absolute atomic E-state index is 11.9. The molecule has 2 rings (SSSR count). The second-order valence-corrected chi connectivity index (χ2v) is 5.84. The Morgan fingerprint density at radius 2 is 2.06 bits per heavy atom. The lowest BCUT2D eigenvalue weighted by molar-refractivity contribution is 0.584. The van der Waals surface area contributed by atoms with Gasteiger partial charge in [-0.1, -0.05) is 18.5 Å². The first-order valence-electron chi connectivity index (χ1n) is 5.26. The second kappa shape index (κ2) is 4.72. The molecule has 1 aromatic carbocycles. The minimum atomic E-state index is -3.62. The summed E-state index contributed by atoms with van der Waals surface area (Å²) in [6.07, 6.45) is 0. The Bertz CT molecular complexity index is 752. The van der Waals surface area contributed by atoms with Crippen molar-refractivity contribution >= 4 is 32.5 Å². The zero-order chi connectivity index (χ0) is 13.3. The molecule has 0 amide bonds. The van der Waals surface area contributed by atoms with Gasteiger partial charge in [-0.25, -0.2) is 13.1 Å². The maximum atomic E-state index is 11.9. The lowest BCUT2D eigenvalue weighted by Gasteiger charge is -2.08. The summed E-state index contributed by atoms with van der Waals surface area (Å²) in [6.45, 7) is 1.96. The smallest absolute Gasteiger partial charge is 0.248 e. The van der Waals surface area contributed by atoms with Crippen molar-refractivity contribution in [3.63, 3.8) is 0 Å². The Morgan fingerprint density at radius 3 is 2.72 bits per heavy atom. The van der Waals surface area contributed by atoms with Crippen LogP contribution in [0.2, 0.25) is 5.02 Å². The van der Waals surface area contributed by atoms with Crippen molar-refractivity contribution < 1.29 is 8.42 Å². The highest BCUT2D eigenvalue weighted by molar-refractivity contribution is 7.89. The van der Waals surface area contributed by atoms with Crippen molar-refractivity contribution in [3.05, 3.63) is 39.6 Å². The molecule has 2 aromatic rings. The summed E-state index contributed by atoms with van der Waals surface area (Å²) >= 11 is 5.93. The van der Waals surface area contributed by atoms with Crippen LogP contribution in [0.15, 0.2) is 34.0 Å². The van der Waals surface area contributed by atoms with Gasteiger partial charge in [-0.3, -0.25) is 4.79 Å². The molecule has 0 atom stereocenters. The predicted molar refractivity (Wildman–Crippen MR) is 70.4 cm³/mol. The van der Waals surface area contributed by atoms with Gasteiger partial charge in [0.15, 0.2) is 0 Å². The Kier molecular flexibility index (Phi) is 3.43. The summed E-state index contributed by atoms with van der Waals surface area (Å²) < 4.78 is 26.2. The van der Waals surface area contributed by atoms with Gasteiger partial charge in [-0.15, -0.1) is 0 Å². The standard InChI is InChI=1S/C11H11ClN2O3S/c1-2-13-18(16,17)10-5-7-3-4-11(15)14-9(7)6-8(10)12/h3-6,13H,2H2,1H3,(H,14,15). The SMILES string of the molecule is CCNS(=O)(=O)c1cc2ccc(=O)[nH]c2cc1Cl. The van der Waals surface area contributed by atoms with E-state index < -0.39 is 10.0 Å². The van der Waals surface area contributed by atoms with Gasteiger partial charge < -0.3 is 4.98 Å². The van der Waals surface area contributed by atoms with E-state index in [1.165, 1.54) is 18.2 Å². The molecule has 5 nitrogen and oxygen atoms in total. The second-order valence-electron chi connectivity index (χ2n) is 3.69. The van der Waals surface area contributed by atoms with Gasteiger partial charge in [0.25, 0.3) is 0 Å². The van der Waals surface area contributed by atoms with Gasteiger partial charge >= 0.3 is 0 Å². The lowest BCUT2D eigenvalue weighted by Crippen LogP contribution is -2.23. The molecule has 7 heteroatoms. The topological polar surface area (TPSA) is 79.0 Å². The molecule has 0 aliphatic rings. The van der Waals surface area contributed by atoms with Gasteiger partial charge in [-0.05, 0) is 23.6 Å². The molecular weight excluding hydrogens is 276 g/mol. The van der Waals surface area contributed by atoms with Crippen LogP contribution in [0.25, 0.3) is 10.9 Å². The van der Waals surface area contributed by atoms with Crippen LogP contribution in [-0.4, -0.2) is 19.9 Å². The highest BCUT2D eigenvalue weighted by Crippen LogP contribution is 2.25. The number of aromatic nitrogens is 1. The molecule has 0 bridgehead atoms. The van der Waals surface area contributed by atoms with E-state index in [4.69, 9.17) is 11.6 Å². The average Bonchev–Trinajstić information content (AvgIpc) is 2.27. The number of rotatable bonds is 3. The van der Waals surface area contributed by atoms with E-state index in [1.54, 1.807) is 13.0 Å². The number of aromatic amines is 1. The third-order valence-corrected chi connectivity index (χ3v) is 4.41. The number of benzene rings is 1. The number of pyridine rings is 1. The van der Waals surface area contributed by atoms with E-state index in [9.17, 15) is 13.2 Å². The molecule has 0 spiro atoms.